The standard InChI is InChI=1S/C19H19N5O3/c1-13-10-21-15(11-20-13)17(25)22-8-5-9-23-16(12-22)18(26)24(19(23)27)14-6-3-2-4-7-14/h2-4,6-7,10-11,16H,5,8-9,12H2,1H3. The number of hydrogen-bond acceptors (Lipinski definition) is 5. The summed E-state index contributed by atoms with van der Waals surface area (Å²) in [5.74, 6) is -0.580. The van der Waals surface area contributed by atoms with E-state index < -0.39 is 6.04 Å². The molecule has 138 valence electrons. The zero-order chi connectivity index (χ0) is 19.0. The second-order valence-electron chi connectivity index (χ2n) is 6.65. The Balaban J connectivity index is 1.58. The van der Waals surface area contributed by atoms with Crippen LogP contribution in [0.4, 0.5) is 10.5 Å². The Hall–Kier alpha value is -3.29. The lowest BCUT2D eigenvalue weighted by Gasteiger charge is -2.23. The first-order chi connectivity index (χ1) is 13.1. The van der Waals surface area contributed by atoms with Gasteiger partial charge < -0.3 is 9.80 Å². The number of carbonyl (C=O) groups excluding carboxylic acids is 3. The molecule has 0 spiro atoms. The van der Waals surface area contributed by atoms with E-state index in [4.69, 9.17) is 0 Å². The van der Waals surface area contributed by atoms with Gasteiger partial charge in [-0.15, -0.1) is 0 Å². The van der Waals surface area contributed by atoms with Gasteiger partial charge in [0.2, 0.25) is 0 Å². The molecule has 1 aromatic carbocycles. The quantitative estimate of drug-likeness (QED) is 0.752. The second-order valence-corrected chi connectivity index (χ2v) is 6.65. The van der Waals surface area contributed by atoms with Crippen molar-refractivity contribution in [1.29, 1.82) is 0 Å². The van der Waals surface area contributed by atoms with Gasteiger partial charge in [-0.2, -0.15) is 0 Å². The van der Waals surface area contributed by atoms with Crippen molar-refractivity contribution in [1.82, 2.24) is 19.8 Å². The van der Waals surface area contributed by atoms with Crippen LogP contribution in [0.1, 0.15) is 22.6 Å². The van der Waals surface area contributed by atoms with Gasteiger partial charge in [0, 0.05) is 19.3 Å². The summed E-state index contributed by atoms with van der Waals surface area (Å²) < 4.78 is 0. The van der Waals surface area contributed by atoms with E-state index >= 15 is 0 Å². The first-order valence-electron chi connectivity index (χ1n) is 8.84. The number of para-hydroxylation sites is 1. The van der Waals surface area contributed by atoms with Crippen molar-refractivity contribution in [3.05, 3.63) is 54.1 Å². The number of hydrogen-bond donors (Lipinski definition) is 0. The number of imide groups is 1. The Labute approximate surface area is 156 Å². The predicted molar refractivity (Wildman–Crippen MR) is 97.1 cm³/mol. The van der Waals surface area contributed by atoms with E-state index in [0.717, 1.165) is 5.69 Å². The Morgan fingerprint density at radius 3 is 2.56 bits per heavy atom. The lowest BCUT2D eigenvalue weighted by Crippen LogP contribution is -2.43. The van der Waals surface area contributed by atoms with E-state index in [0.29, 0.717) is 25.2 Å². The number of aromatic nitrogens is 2. The smallest absolute Gasteiger partial charge is 0.332 e. The molecule has 0 saturated carbocycles. The van der Waals surface area contributed by atoms with Crippen LogP contribution >= 0.6 is 0 Å². The molecule has 8 nitrogen and oxygen atoms in total. The molecule has 2 aliphatic heterocycles. The SMILES string of the molecule is Cc1cnc(C(=O)N2CCCN3C(=O)N(c4ccccc4)C(=O)C3C2)cn1. The van der Waals surface area contributed by atoms with E-state index in [9.17, 15) is 14.4 Å². The zero-order valence-corrected chi connectivity index (χ0v) is 14.9. The normalized spacial score (nSPS) is 19.9. The highest BCUT2D eigenvalue weighted by molar-refractivity contribution is 6.21. The van der Waals surface area contributed by atoms with E-state index in [1.165, 1.54) is 11.1 Å². The van der Waals surface area contributed by atoms with Gasteiger partial charge in [0.15, 0.2) is 0 Å². The number of anilines is 1. The lowest BCUT2D eigenvalue weighted by molar-refractivity contribution is -0.119. The van der Waals surface area contributed by atoms with Gasteiger partial charge in [-0.1, -0.05) is 18.2 Å². The van der Waals surface area contributed by atoms with Crippen LogP contribution in [0.5, 0.6) is 0 Å². The van der Waals surface area contributed by atoms with Crippen molar-refractivity contribution in [3.8, 4) is 0 Å². The number of nitrogens with zero attached hydrogens (tertiary/aromatic N) is 5. The average Bonchev–Trinajstić information content (AvgIpc) is 2.83. The summed E-state index contributed by atoms with van der Waals surface area (Å²) in [4.78, 5) is 51.1. The van der Waals surface area contributed by atoms with Crippen LogP contribution < -0.4 is 4.90 Å². The number of aryl methyl sites for hydroxylation is 1. The maximum absolute atomic E-state index is 13.0. The summed E-state index contributed by atoms with van der Waals surface area (Å²) in [6.45, 7) is 2.85. The second kappa shape index (κ2) is 6.79. The summed E-state index contributed by atoms with van der Waals surface area (Å²) >= 11 is 0. The Morgan fingerprint density at radius 2 is 1.85 bits per heavy atom. The molecule has 0 aliphatic carbocycles. The topological polar surface area (TPSA) is 86.7 Å². The molecule has 0 N–H and O–H groups in total. The first kappa shape index (κ1) is 17.1. The van der Waals surface area contributed by atoms with Crippen molar-refractivity contribution in [3.63, 3.8) is 0 Å². The highest BCUT2D eigenvalue weighted by Gasteiger charge is 2.47. The molecule has 8 heteroatoms. The van der Waals surface area contributed by atoms with Crippen LogP contribution in [-0.2, 0) is 4.79 Å². The molecule has 2 aromatic rings. The van der Waals surface area contributed by atoms with Crippen molar-refractivity contribution < 1.29 is 14.4 Å². The molecule has 2 fully saturated rings. The number of amides is 4. The predicted octanol–water partition coefficient (Wildman–Crippen LogP) is 1.47. The molecule has 3 heterocycles. The monoisotopic (exact) mass is 365 g/mol. The molecule has 4 rings (SSSR count). The Kier molecular flexibility index (Phi) is 4.31. The van der Waals surface area contributed by atoms with Crippen LogP contribution in [0.15, 0.2) is 42.7 Å². The van der Waals surface area contributed by atoms with Crippen LogP contribution in [-0.4, -0.2) is 63.3 Å². The highest BCUT2D eigenvalue weighted by Crippen LogP contribution is 2.27. The van der Waals surface area contributed by atoms with Gasteiger partial charge in [-0.25, -0.2) is 14.7 Å². The van der Waals surface area contributed by atoms with Gasteiger partial charge in [0.1, 0.15) is 11.7 Å². The zero-order valence-electron chi connectivity index (χ0n) is 14.9. The van der Waals surface area contributed by atoms with Crippen molar-refractivity contribution in [2.45, 2.75) is 19.4 Å². The third-order valence-corrected chi connectivity index (χ3v) is 4.84. The molecule has 1 aromatic heterocycles. The van der Waals surface area contributed by atoms with Crippen molar-refractivity contribution in [2.24, 2.45) is 0 Å². The molecule has 1 atom stereocenters. The average molecular weight is 365 g/mol. The molecule has 1 unspecified atom stereocenters. The summed E-state index contributed by atoms with van der Waals surface area (Å²) in [5.41, 5.74) is 1.51. The molecule has 0 radical (unpaired) electrons. The third kappa shape index (κ3) is 3.03. The molecule has 2 aliphatic rings. The fourth-order valence-electron chi connectivity index (χ4n) is 3.46. The van der Waals surface area contributed by atoms with Gasteiger partial charge in [0.05, 0.1) is 24.1 Å². The third-order valence-electron chi connectivity index (χ3n) is 4.84. The number of urea groups is 1. The van der Waals surface area contributed by atoms with E-state index in [2.05, 4.69) is 9.97 Å². The summed E-state index contributed by atoms with van der Waals surface area (Å²) in [5, 5.41) is 0. The maximum Gasteiger partial charge on any atom is 0.332 e. The minimum Gasteiger partial charge on any atom is -0.335 e. The molecule has 27 heavy (non-hydrogen) atoms. The number of benzene rings is 1. The van der Waals surface area contributed by atoms with Crippen molar-refractivity contribution >= 4 is 23.5 Å². The van der Waals surface area contributed by atoms with Crippen LogP contribution in [0.3, 0.4) is 0 Å². The van der Waals surface area contributed by atoms with E-state index in [1.54, 1.807) is 47.2 Å². The lowest BCUT2D eigenvalue weighted by atomic mass is 10.2. The summed E-state index contributed by atoms with van der Waals surface area (Å²) in [6.07, 6.45) is 3.58. The maximum atomic E-state index is 13.0. The van der Waals surface area contributed by atoms with Crippen LogP contribution in [0.25, 0.3) is 0 Å². The van der Waals surface area contributed by atoms with E-state index in [1.807, 2.05) is 6.07 Å². The number of rotatable bonds is 2. The minimum absolute atomic E-state index is 0.155. The molecule has 0 bridgehead atoms. The molecular formula is C19H19N5O3. The number of carbonyl (C=O) groups is 3. The summed E-state index contributed by atoms with van der Waals surface area (Å²) in [6, 6.07) is 7.84. The van der Waals surface area contributed by atoms with Crippen LogP contribution in [0.2, 0.25) is 0 Å². The highest BCUT2D eigenvalue weighted by atomic mass is 16.2. The van der Waals surface area contributed by atoms with Crippen LogP contribution in [0, 0.1) is 6.92 Å². The Bertz CT molecular complexity index is 884. The molecular weight excluding hydrogens is 346 g/mol. The minimum atomic E-state index is -0.678. The van der Waals surface area contributed by atoms with E-state index in [-0.39, 0.29) is 30.1 Å². The molecule has 4 amide bonds. The van der Waals surface area contributed by atoms with Gasteiger partial charge in [-0.3, -0.25) is 14.6 Å². The van der Waals surface area contributed by atoms with Gasteiger partial charge in [0.25, 0.3) is 11.8 Å². The first-order valence-corrected chi connectivity index (χ1v) is 8.84. The van der Waals surface area contributed by atoms with Crippen molar-refractivity contribution in [2.75, 3.05) is 24.5 Å². The summed E-state index contributed by atoms with van der Waals surface area (Å²) in [7, 11) is 0. The number of fused-ring (bicyclic) bond motifs is 1. The molecule has 2 saturated heterocycles. The fraction of sp³-hybridized carbons (Fsp3) is 0.316. The Morgan fingerprint density at radius 1 is 1.07 bits per heavy atom. The van der Waals surface area contributed by atoms with Gasteiger partial charge in [-0.05, 0) is 25.5 Å². The fourth-order valence-corrected chi connectivity index (χ4v) is 3.46. The van der Waals surface area contributed by atoms with Gasteiger partial charge >= 0.3 is 6.03 Å². The largest absolute Gasteiger partial charge is 0.335 e.